The predicted octanol–water partition coefficient (Wildman–Crippen LogP) is 4.14. The van der Waals surface area contributed by atoms with E-state index in [0.717, 1.165) is 61.1 Å². The molecule has 1 heterocycles. The Labute approximate surface area is 371 Å². The fourth-order valence-corrected chi connectivity index (χ4v) is 10.0. The minimum Gasteiger partial charge on any atom is -0.292 e. The van der Waals surface area contributed by atoms with Crippen LogP contribution in [0.1, 0.15) is 25.0 Å². The van der Waals surface area contributed by atoms with Crippen LogP contribution in [-0.2, 0) is 5.41 Å². The lowest BCUT2D eigenvalue weighted by Crippen LogP contribution is -2.50. The molecule has 270 valence electrons. The number of rotatable bonds is 4. The van der Waals surface area contributed by atoms with Crippen molar-refractivity contribution < 1.29 is 0 Å². The van der Waals surface area contributed by atoms with Crippen LogP contribution in [0.25, 0.3) is 93.8 Å². The van der Waals surface area contributed by atoms with E-state index in [1.165, 1.54) is 11.1 Å². The van der Waals surface area contributed by atoms with Crippen molar-refractivity contribution in [3.05, 3.63) is 145 Å². The van der Waals surface area contributed by atoms with E-state index < -0.39 is 0 Å². The van der Waals surface area contributed by atoms with Crippen molar-refractivity contribution >= 4 is 150 Å². The van der Waals surface area contributed by atoms with E-state index >= 15 is 0 Å². The van der Waals surface area contributed by atoms with Gasteiger partial charge in [0.25, 0.3) is 0 Å². The molecule has 10 aromatic rings. The topological polar surface area (TPSA) is 17.8 Å². The molecule has 1 aliphatic rings. The fraction of sp³-hybridized carbons (Fsp3) is 0.0577. The van der Waals surface area contributed by atoms with Gasteiger partial charge in [0.1, 0.15) is 68.6 Å². The van der Waals surface area contributed by atoms with E-state index in [4.69, 9.17) is 67.8 Å². The summed E-state index contributed by atoms with van der Waals surface area (Å²) in [5.74, 6) is 0.780. The molecule has 2 nitrogen and oxygen atoms in total. The van der Waals surface area contributed by atoms with Crippen LogP contribution >= 0.6 is 0 Å². The summed E-state index contributed by atoms with van der Waals surface area (Å²) in [5, 5.41) is 4.56. The fourth-order valence-electron chi connectivity index (χ4n) is 10.0. The highest BCUT2D eigenvalue weighted by atomic mass is 15.1. The molecule has 10 heteroatoms. The quantitative estimate of drug-likeness (QED) is 0.195. The molecule has 0 amide bonds. The summed E-state index contributed by atoms with van der Waals surface area (Å²) >= 11 is 0. The normalized spacial score (nSPS) is 13.0. The third kappa shape index (κ3) is 5.31. The summed E-state index contributed by atoms with van der Waals surface area (Å²) in [6.45, 7) is 4.47. The van der Waals surface area contributed by atoms with Gasteiger partial charge in [0.05, 0.1) is 16.7 Å². The molecule has 0 saturated carbocycles. The summed E-state index contributed by atoms with van der Waals surface area (Å²) in [6, 6.07) is 45.9. The Bertz CT molecular complexity index is 3500. The molecule has 1 aliphatic carbocycles. The van der Waals surface area contributed by atoms with Crippen LogP contribution in [-0.4, -0.2) is 72.3 Å². The Balaban J connectivity index is 1.21. The van der Waals surface area contributed by atoms with E-state index in [1.807, 2.05) is 48.5 Å². The second kappa shape index (κ2) is 13.9. The Kier molecular flexibility index (Phi) is 8.65. The second-order valence-corrected chi connectivity index (χ2v) is 16.8. The zero-order valence-corrected chi connectivity index (χ0v) is 34.2. The number of hydrogen-bond acceptors (Lipinski definition) is 1. The van der Waals surface area contributed by atoms with Gasteiger partial charge in [-0.25, -0.2) is 4.98 Å². The third-order valence-electron chi connectivity index (χ3n) is 13.2. The van der Waals surface area contributed by atoms with Crippen LogP contribution < -0.4 is 43.7 Å². The molecule has 0 atom stereocenters. The maximum absolute atomic E-state index is 7.10. The Morgan fingerprint density at radius 2 is 0.935 bits per heavy atom. The Morgan fingerprint density at radius 3 is 1.60 bits per heavy atom. The average Bonchev–Trinajstić information content (AvgIpc) is 3.79. The van der Waals surface area contributed by atoms with Gasteiger partial charge in [0.15, 0.2) is 0 Å². The lowest BCUT2D eigenvalue weighted by molar-refractivity contribution is 0.660. The highest BCUT2D eigenvalue weighted by Crippen LogP contribution is 2.51. The van der Waals surface area contributed by atoms with Crippen LogP contribution in [0.4, 0.5) is 0 Å². The van der Waals surface area contributed by atoms with Crippen LogP contribution in [0.15, 0.2) is 133 Å². The first-order valence-corrected chi connectivity index (χ1v) is 20.5. The maximum Gasteiger partial charge on any atom is 0.145 e. The monoisotopic (exact) mass is 768 g/mol. The standard InChI is InChI=1S/C52H28B8N2/c1-52(2)32-14-6-5-13-30(32)31-23-22-28(24-33(31)52)38-41-39(43(53)47(57)49(59)45(41)55)37(40-42(38)46(56)50(60)48(58)44(40)54)26-18-20-27(21-19-26)51-61-34-15-7-8-16-36(34)62(51)35-17-9-11-25-10-3-4-12-29(25)35/h3-24H,1-2H3. The predicted molar refractivity (Wildman–Crippen MR) is 271 cm³/mol. The van der Waals surface area contributed by atoms with Crippen LogP contribution in [0.2, 0.25) is 0 Å². The number of fused-ring (bicyclic) bond motifs is 7. The maximum atomic E-state index is 7.10. The molecule has 9 aromatic carbocycles. The number of para-hydroxylation sites is 2. The Hall–Kier alpha value is -6.25. The SMILES string of the molecule is [B]c1c([B])c([B])c2c(-c3ccc4c(c3)C(C)(C)c3ccccc3-4)c3c([B])c([B])c([B])c([B])c3c(-c3ccc(-c4nc5ccccc5n4-c4cccc5ccccc45)cc3)c2c1[B]. The molecule has 62 heavy (non-hydrogen) atoms. The number of nitrogens with zero attached hydrogens (tertiary/aromatic N) is 2. The van der Waals surface area contributed by atoms with Crippen LogP contribution in [0.3, 0.4) is 0 Å². The minimum absolute atomic E-state index is 0.169. The molecular formula is C52H28B8N2. The van der Waals surface area contributed by atoms with E-state index in [1.54, 1.807) is 0 Å². The molecule has 0 unspecified atom stereocenters. The van der Waals surface area contributed by atoms with Gasteiger partial charge in [-0.1, -0.05) is 145 Å². The van der Waals surface area contributed by atoms with Crippen LogP contribution in [0, 0.1) is 0 Å². The molecule has 11 rings (SSSR count). The number of benzene rings is 9. The summed E-state index contributed by atoms with van der Waals surface area (Å²) in [7, 11) is 55.3. The Morgan fingerprint density at radius 1 is 0.435 bits per heavy atom. The molecular weight excluding hydrogens is 739 g/mol. The smallest absolute Gasteiger partial charge is 0.145 e. The molecule has 0 fully saturated rings. The second-order valence-electron chi connectivity index (χ2n) is 16.8. The molecule has 0 N–H and O–H groups in total. The van der Waals surface area contributed by atoms with Gasteiger partial charge in [0, 0.05) is 16.4 Å². The van der Waals surface area contributed by atoms with Gasteiger partial charge < -0.3 is 0 Å². The largest absolute Gasteiger partial charge is 0.292 e. The van der Waals surface area contributed by atoms with Crippen molar-refractivity contribution in [1.82, 2.24) is 9.55 Å². The van der Waals surface area contributed by atoms with Gasteiger partial charge in [-0.2, -0.15) is 0 Å². The van der Waals surface area contributed by atoms with Gasteiger partial charge >= 0.3 is 0 Å². The highest BCUT2D eigenvalue weighted by molar-refractivity contribution is 6.71. The molecule has 0 spiro atoms. The van der Waals surface area contributed by atoms with Crippen molar-refractivity contribution in [2.45, 2.75) is 19.3 Å². The van der Waals surface area contributed by atoms with E-state index in [-0.39, 0.29) is 49.1 Å². The summed E-state index contributed by atoms with van der Waals surface area (Å²) in [5.41, 5.74) is 12.9. The summed E-state index contributed by atoms with van der Waals surface area (Å²) in [6.07, 6.45) is 0. The van der Waals surface area contributed by atoms with Crippen molar-refractivity contribution in [1.29, 1.82) is 0 Å². The zero-order chi connectivity index (χ0) is 42.9. The van der Waals surface area contributed by atoms with Gasteiger partial charge in [-0.15, -0.1) is 21.9 Å². The van der Waals surface area contributed by atoms with Crippen molar-refractivity contribution in [3.63, 3.8) is 0 Å². The van der Waals surface area contributed by atoms with E-state index in [0.29, 0.717) is 32.7 Å². The molecule has 16 radical (unpaired) electrons. The van der Waals surface area contributed by atoms with E-state index in [2.05, 4.69) is 103 Å². The van der Waals surface area contributed by atoms with Gasteiger partial charge in [-0.3, -0.25) is 4.57 Å². The minimum atomic E-state index is -0.300. The lowest BCUT2D eigenvalue weighted by Gasteiger charge is -2.29. The molecule has 1 aromatic heterocycles. The first kappa shape index (κ1) is 38.7. The molecule has 0 bridgehead atoms. The first-order chi connectivity index (χ1) is 29.9. The first-order valence-electron chi connectivity index (χ1n) is 20.5. The van der Waals surface area contributed by atoms with Crippen molar-refractivity contribution in [2.75, 3.05) is 0 Å². The average molecular weight is 767 g/mol. The zero-order valence-electron chi connectivity index (χ0n) is 34.2. The third-order valence-corrected chi connectivity index (χ3v) is 13.2. The highest BCUT2D eigenvalue weighted by Gasteiger charge is 2.36. The van der Waals surface area contributed by atoms with Crippen molar-refractivity contribution in [3.8, 4) is 50.5 Å². The number of hydrogen-bond donors (Lipinski definition) is 0. The number of aromatic nitrogens is 2. The van der Waals surface area contributed by atoms with Crippen molar-refractivity contribution in [2.24, 2.45) is 0 Å². The number of imidazole rings is 1. The van der Waals surface area contributed by atoms with Gasteiger partial charge in [0.2, 0.25) is 0 Å². The van der Waals surface area contributed by atoms with Gasteiger partial charge in [-0.05, 0) is 95.7 Å². The van der Waals surface area contributed by atoms with E-state index in [9.17, 15) is 0 Å². The molecule has 0 aliphatic heterocycles. The summed E-state index contributed by atoms with van der Waals surface area (Å²) < 4.78 is 2.22. The lowest BCUT2D eigenvalue weighted by atomic mass is 9.59. The summed E-state index contributed by atoms with van der Waals surface area (Å²) in [4.78, 5) is 5.18. The molecule has 0 saturated heterocycles. The van der Waals surface area contributed by atoms with Crippen LogP contribution in [0.5, 0.6) is 0 Å².